The molecule has 0 unspecified atom stereocenters. The maximum absolute atomic E-state index is 10.6. The Labute approximate surface area is 85.8 Å². The van der Waals surface area contributed by atoms with Gasteiger partial charge in [-0.3, -0.25) is 0 Å². The largest absolute Gasteiger partial charge is 0.495 e. The van der Waals surface area contributed by atoms with Crippen LogP contribution in [0.25, 0.3) is 11.3 Å². The second-order valence-electron chi connectivity index (χ2n) is 3.14. The van der Waals surface area contributed by atoms with Crippen LogP contribution in [0.1, 0.15) is 10.4 Å². The molecular formula is C11H9NO3. The van der Waals surface area contributed by atoms with E-state index in [1.54, 1.807) is 24.3 Å². The monoisotopic (exact) mass is 203 g/mol. The number of nitrogens with one attached hydrogen (secondary N) is 1. The third kappa shape index (κ3) is 1.83. The molecule has 1 heterocycles. The Morgan fingerprint density at radius 1 is 1.07 bits per heavy atom. The van der Waals surface area contributed by atoms with Crippen LogP contribution in [-0.4, -0.2) is 21.2 Å². The van der Waals surface area contributed by atoms with Crippen LogP contribution in [0.2, 0.25) is 0 Å². The Kier molecular flexibility index (Phi) is 2.17. The van der Waals surface area contributed by atoms with E-state index < -0.39 is 5.97 Å². The van der Waals surface area contributed by atoms with Crippen LogP contribution in [0.4, 0.5) is 0 Å². The van der Waals surface area contributed by atoms with Gasteiger partial charge in [0.05, 0.1) is 5.56 Å². The zero-order chi connectivity index (χ0) is 10.8. The molecule has 0 aliphatic carbocycles. The summed E-state index contributed by atoms with van der Waals surface area (Å²) >= 11 is 0. The van der Waals surface area contributed by atoms with Crippen LogP contribution in [0.3, 0.4) is 0 Å². The summed E-state index contributed by atoms with van der Waals surface area (Å²) < 4.78 is 0. The van der Waals surface area contributed by atoms with Crippen LogP contribution in [0, 0.1) is 0 Å². The summed E-state index contributed by atoms with van der Waals surface area (Å²) in [6.07, 6.45) is 0. The van der Waals surface area contributed by atoms with E-state index in [0.29, 0.717) is 0 Å². The van der Waals surface area contributed by atoms with E-state index >= 15 is 0 Å². The average molecular weight is 203 g/mol. The van der Waals surface area contributed by atoms with Gasteiger partial charge in [0.25, 0.3) is 0 Å². The van der Waals surface area contributed by atoms with Crippen molar-refractivity contribution in [2.75, 3.05) is 0 Å². The number of aromatic nitrogens is 1. The SMILES string of the molecule is O=C(O)c1ccc(-c2ccc(O)[nH]2)cc1. The van der Waals surface area contributed by atoms with Crippen molar-refractivity contribution in [3.8, 4) is 17.1 Å². The molecule has 2 rings (SSSR count). The number of carboxylic acids is 1. The number of hydrogen-bond acceptors (Lipinski definition) is 2. The maximum Gasteiger partial charge on any atom is 0.335 e. The lowest BCUT2D eigenvalue weighted by Gasteiger charge is -1.98. The zero-order valence-corrected chi connectivity index (χ0v) is 7.77. The summed E-state index contributed by atoms with van der Waals surface area (Å²) in [4.78, 5) is 13.4. The first-order valence-electron chi connectivity index (χ1n) is 4.38. The normalized spacial score (nSPS) is 10.1. The zero-order valence-electron chi connectivity index (χ0n) is 7.77. The highest BCUT2D eigenvalue weighted by Crippen LogP contribution is 2.21. The van der Waals surface area contributed by atoms with Crippen LogP contribution >= 0.6 is 0 Å². The predicted octanol–water partition coefficient (Wildman–Crippen LogP) is 2.09. The Balaban J connectivity index is 2.35. The van der Waals surface area contributed by atoms with Crippen molar-refractivity contribution >= 4 is 5.97 Å². The first-order chi connectivity index (χ1) is 7.16. The molecule has 0 saturated heterocycles. The van der Waals surface area contributed by atoms with E-state index in [-0.39, 0.29) is 11.4 Å². The van der Waals surface area contributed by atoms with Crippen LogP contribution in [0.15, 0.2) is 36.4 Å². The second kappa shape index (κ2) is 3.49. The molecule has 2 aromatic rings. The summed E-state index contributed by atoms with van der Waals surface area (Å²) in [5, 5.41) is 17.8. The van der Waals surface area contributed by atoms with Gasteiger partial charge in [-0.05, 0) is 23.8 Å². The van der Waals surface area contributed by atoms with Gasteiger partial charge >= 0.3 is 5.97 Å². The standard InChI is InChI=1S/C11H9NO3/c13-10-6-5-9(12-10)7-1-3-8(4-2-7)11(14)15/h1-6,12-13H,(H,14,15). The highest BCUT2D eigenvalue weighted by Gasteiger charge is 2.04. The van der Waals surface area contributed by atoms with Gasteiger partial charge in [-0.1, -0.05) is 12.1 Å². The number of carboxylic acid groups (broad SMARTS) is 1. The molecule has 0 fully saturated rings. The van der Waals surface area contributed by atoms with Crippen LogP contribution in [0.5, 0.6) is 5.88 Å². The number of H-pyrrole nitrogens is 1. The van der Waals surface area contributed by atoms with E-state index in [9.17, 15) is 4.79 Å². The van der Waals surface area contributed by atoms with Crippen LogP contribution < -0.4 is 0 Å². The highest BCUT2D eigenvalue weighted by molar-refractivity contribution is 5.88. The van der Waals surface area contributed by atoms with E-state index in [1.165, 1.54) is 12.1 Å². The van der Waals surface area contributed by atoms with E-state index in [4.69, 9.17) is 10.2 Å². The van der Waals surface area contributed by atoms with Crippen molar-refractivity contribution in [3.05, 3.63) is 42.0 Å². The molecule has 0 amide bonds. The molecule has 1 aromatic heterocycles. The van der Waals surface area contributed by atoms with E-state index in [1.807, 2.05) is 0 Å². The summed E-state index contributed by atoms with van der Waals surface area (Å²) in [5.74, 6) is -0.858. The van der Waals surface area contributed by atoms with Crippen molar-refractivity contribution in [2.45, 2.75) is 0 Å². The molecule has 1 aromatic carbocycles. The summed E-state index contributed by atoms with van der Waals surface area (Å²) in [6, 6.07) is 9.69. The number of aromatic amines is 1. The average Bonchev–Trinajstić information content (AvgIpc) is 2.65. The minimum atomic E-state index is -0.948. The molecule has 15 heavy (non-hydrogen) atoms. The molecule has 4 nitrogen and oxygen atoms in total. The number of rotatable bonds is 2. The molecular weight excluding hydrogens is 194 g/mol. The van der Waals surface area contributed by atoms with Crippen molar-refractivity contribution in [1.82, 2.24) is 4.98 Å². The van der Waals surface area contributed by atoms with E-state index in [2.05, 4.69) is 4.98 Å². The quantitative estimate of drug-likeness (QED) is 0.699. The van der Waals surface area contributed by atoms with Gasteiger partial charge in [0.2, 0.25) is 0 Å². The summed E-state index contributed by atoms with van der Waals surface area (Å²) in [5.41, 5.74) is 1.83. The van der Waals surface area contributed by atoms with Gasteiger partial charge in [0.1, 0.15) is 0 Å². The number of carbonyl (C=O) groups is 1. The lowest BCUT2D eigenvalue weighted by Crippen LogP contribution is -1.94. The van der Waals surface area contributed by atoms with Crippen molar-refractivity contribution in [3.63, 3.8) is 0 Å². The van der Waals surface area contributed by atoms with Crippen molar-refractivity contribution < 1.29 is 15.0 Å². The minimum absolute atomic E-state index is 0.0901. The topological polar surface area (TPSA) is 73.3 Å². The highest BCUT2D eigenvalue weighted by atomic mass is 16.4. The fourth-order valence-electron chi connectivity index (χ4n) is 1.34. The number of aromatic hydroxyl groups is 1. The Morgan fingerprint density at radius 2 is 1.73 bits per heavy atom. The van der Waals surface area contributed by atoms with E-state index in [0.717, 1.165) is 11.3 Å². The second-order valence-corrected chi connectivity index (χ2v) is 3.14. The minimum Gasteiger partial charge on any atom is -0.495 e. The fraction of sp³-hybridized carbons (Fsp3) is 0. The lowest BCUT2D eigenvalue weighted by molar-refractivity contribution is 0.0697. The smallest absolute Gasteiger partial charge is 0.335 e. The van der Waals surface area contributed by atoms with Gasteiger partial charge in [0, 0.05) is 11.8 Å². The molecule has 0 bridgehead atoms. The molecule has 4 heteroatoms. The predicted molar refractivity (Wildman–Crippen MR) is 54.9 cm³/mol. The van der Waals surface area contributed by atoms with Gasteiger partial charge in [-0.25, -0.2) is 4.79 Å². The Hall–Kier alpha value is -2.23. The summed E-state index contributed by atoms with van der Waals surface area (Å²) in [7, 11) is 0. The van der Waals surface area contributed by atoms with Gasteiger partial charge in [-0.2, -0.15) is 0 Å². The van der Waals surface area contributed by atoms with Crippen molar-refractivity contribution in [2.24, 2.45) is 0 Å². The first kappa shape index (κ1) is 9.33. The molecule has 0 aliphatic heterocycles. The molecule has 76 valence electrons. The molecule has 3 N–H and O–H groups in total. The third-order valence-corrected chi connectivity index (χ3v) is 2.11. The molecule has 0 radical (unpaired) electrons. The molecule has 0 saturated carbocycles. The lowest BCUT2D eigenvalue weighted by atomic mass is 10.1. The third-order valence-electron chi connectivity index (χ3n) is 2.11. The number of benzene rings is 1. The Bertz CT molecular complexity index is 485. The molecule has 0 aliphatic rings. The van der Waals surface area contributed by atoms with Crippen molar-refractivity contribution in [1.29, 1.82) is 0 Å². The maximum atomic E-state index is 10.6. The molecule has 0 spiro atoms. The fourth-order valence-corrected chi connectivity index (χ4v) is 1.34. The summed E-state index contributed by atoms with van der Waals surface area (Å²) in [6.45, 7) is 0. The molecule has 0 atom stereocenters. The number of aromatic carboxylic acids is 1. The Morgan fingerprint density at radius 3 is 2.20 bits per heavy atom. The van der Waals surface area contributed by atoms with Gasteiger partial charge in [-0.15, -0.1) is 0 Å². The van der Waals surface area contributed by atoms with Crippen LogP contribution in [-0.2, 0) is 0 Å². The first-order valence-corrected chi connectivity index (χ1v) is 4.38. The van der Waals surface area contributed by atoms with Gasteiger partial charge < -0.3 is 15.2 Å². The number of hydrogen-bond donors (Lipinski definition) is 3. The van der Waals surface area contributed by atoms with Gasteiger partial charge in [0.15, 0.2) is 5.88 Å².